The maximum absolute atomic E-state index is 12.3. The van der Waals surface area contributed by atoms with Gasteiger partial charge in [-0.2, -0.15) is 0 Å². The molecule has 27 heavy (non-hydrogen) atoms. The summed E-state index contributed by atoms with van der Waals surface area (Å²) in [7, 11) is 0. The minimum absolute atomic E-state index is 0.135. The molecule has 2 rings (SSSR count). The second-order valence-corrected chi connectivity index (χ2v) is 8.24. The first-order valence-electron chi connectivity index (χ1n) is 10.1. The van der Waals surface area contributed by atoms with Crippen molar-refractivity contribution in [2.24, 2.45) is 0 Å². The van der Waals surface area contributed by atoms with Crippen molar-refractivity contribution in [2.75, 3.05) is 32.8 Å². The molecule has 5 nitrogen and oxygen atoms in total. The highest BCUT2D eigenvalue weighted by Gasteiger charge is 2.23. The number of nitrogens with zero attached hydrogens (tertiary/aromatic N) is 2. The van der Waals surface area contributed by atoms with Crippen LogP contribution in [0.4, 0.5) is 0 Å². The zero-order valence-electron chi connectivity index (χ0n) is 17.3. The summed E-state index contributed by atoms with van der Waals surface area (Å²) in [6, 6.07) is 8.18. The third kappa shape index (κ3) is 6.56. The van der Waals surface area contributed by atoms with E-state index in [0.717, 1.165) is 12.2 Å². The normalized spacial score (nSPS) is 15.0. The molecule has 5 heteroatoms. The molecule has 1 aromatic carbocycles. The van der Waals surface area contributed by atoms with Gasteiger partial charge in [0, 0.05) is 39.0 Å². The SMILES string of the molecule is CCCC(=O)N1CCN(C(=O)CCCOc2ccc(C(C)(C)C)cc2)CC1. The molecular weight excluding hydrogens is 340 g/mol. The maximum atomic E-state index is 12.3. The van der Waals surface area contributed by atoms with Crippen LogP contribution in [0.3, 0.4) is 0 Å². The Balaban J connectivity index is 1.66. The third-order valence-electron chi connectivity index (χ3n) is 4.97. The highest BCUT2D eigenvalue weighted by molar-refractivity contribution is 5.78. The van der Waals surface area contributed by atoms with E-state index in [0.29, 0.717) is 52.0 Å². The zero-order chi connectivity index (χ0) is 19.9. The Morgan fingerprint density at radius 1 is 0.926 bits per heavy atom. The number of hydrogen-bond donors (Lipinski definition) is 0. The lowest BCUT2D eigenvalue weighted by atomic mass is 9.87. The second kappa shape index (κ2) is 9.77. The van der Waals surface area contributed by atoms with Crippen LogP contribution in [0.25, 0.3) is 0 Å². The van der Waals surface area contributed by atoms with Crippen LogP contribution in [0.2, 0.25) is 0 Å². The smallest absolute Gasteiger partial charge is 0.222 e. The molecule has 1 heterocycles. The lowest BCUT2D eigenvalue weighted by molar-refractivity contribution is -0.139. The first-order valence-corrected chi connectivity index (χ1v) is 10.1. The van der Waals surface area contributed by atoms with Gasteiger partial charge < -0.3 is 14.5 Å². The Kier molecular flexibility index (Phi) is 7.69. The summed E-state index contributed by atoms with van der Waals surface area (Å²) in [6.45, 7) is 11.7. The van der Waals surface area contributed by atoms with Gasteiger partial charge in [0.1, 0.15) is 5.75 Å². The molecular formula is C22H34N2O3. The Morgan fingerprint density at radius 2 is 1.44 bits per heavy atom. The topological polar surface area (TPSA) is 49.9 Å². The predicted octanol–water partition coefficient (Wildman–Crippen LogP) is 3.61. The molecule has 150 valence electrons. The van der Waals surface area contributed by atoms with Crippen LogP contribution in [0.5, 0.6) is 5.75 Å². The Hall–Kier alpha value is -2.04. The van der Waals surface area contributed by atoms with E-state index in [1.165, 1.54) is 5.56 Å². The molecule has 1 aliphatic rings. The summed E-state index contributed by atoms with van der Waals surface area (Å²) in [4.78, 5) is 28.0. The van der Waals surface area contributed by atoms with E-state index in [2.05, 4.69) is 32.9 Å². The van der Waals surface area contributed by atoms with E-state index in [4.69, 9.17) is 4.74 Å². The Morgan fingerprint density at radius 3 is 1.93 bits per heavy atom. The minimum Gasteiger partial charge on any atom is -0.494 e. The molecule has 0 bridgehead atoms. The summed E-state index contributed by atoms with van der Waals surface area (Å²) in [6.07, 6.45) is 2.66. The quantitative estimate of drug-likeness (QED) is 0.685. The number of carbonyl (C=O) groups excluding carboxylic acids is 2. The summed E-state index contributed by atoms with van der Waals surface area (Å²) >= 11 is 0. The number of hydrogen-bond acceptors (Lipinski definition) is 3. The monoisotopic (exact) mass is 374 g/mol. The number of piperazine rings is 1. The van der Waals surface area contributed by atoms with Crippen molar-refractivity contribution in [1.82, 2.24) is 9.80 Å². The first kappa shape index (κ1) is 21.3. The predicted molar refractivity (Wildman–Crippen MR) is 108 cm³/mol. The Bertz CT molecular complexity index is 611. The van der Waals surface area contributed by atoms with Crippen LogP contribution in [0.1, 0.15) is 58.9 Å². The second-order valence-electron chi connectivity index (χ2n) is 8.24. The van der Waals surface area contributed by atoms with Gasteiger partial charge in [-0.3, -0.25) is 9.59 Å². The van der Waals surface area contributed by atoms with Gasteiger partial charge in [0.15, 0.2) is 0 Å². The van der Waals surface area contributed by atoms with Crippen molar-refractivity contribution in [3.05, 3.63) is 29.8 Å². The van der Waals surface area contributed by atoms with Gasteiger partial charge in [0.25, 0.3) is 0 Å². The van der Waals surface area contributed by atoms with E-state index >= 15 is 0 Å². The number of carbonyl (C=O) groups is 2. The van der Waals surface area contributed by atoms with Crippen LogP contribution in [0, 0.1) is 0 Å². The van der Waals surface area contributed by atoms with Gasteiger partial charge in [-0.25, -0.2) is 0 Å². The van der Waals surface area contributed by atoms with Crippen LogP contribution in [-0.2, 0) is 15.0 Å². The number of benzene rings is 1. The van der Waals surface area contributed by atoms with Gasteiger partial charge in [0.05, 0.1) is 6.61 Å². The number of ether oxygens (including phenoxy) is 1. The lowest BCUT2D eigenvalue weighted by Gasteiger charge is -2.35. The Labute approximate surface area is 163 Å². The summed E-state index contributed by atoms with van der Waals surface area (Å²) in [5.41, 5.74) is 1.41. The first-order chi connectivity index (χ1) is 12.8. The van der Waals surface area contributed by atoms with Crippen molar-refractivity contribution in [3.8, 4) is 5.75 Å². The molecule has 0 spiro atoms. The summed E-state index contributed by atoms with van der Waals surface area (Å²) in [5.74, 6) is 1.21. The van der Waals surface area contributed by atoms with E-state index in [1.807, 2.05) is 28.9 Å². The molecule has 0 aromatic heterocycles. The molecule has 0 aliphatic carbocycles. The minimum atomic E-state index is 0.135. The number of amides is 2. The molecule has 0 N–H and O–H groups in total. The van der Waals surface area contributed by atoms with Gasteiger partial charge >= 0.3 is 0 Å². The molecule has 1 saturated heterocycles. The van der Waals surface area contributed by atoms with Crippen LogP contribution >= 0.6 is 0 Å². The van der Waals surface area contributed by atoms with Crippen LogP contribution in [0.15, 0.2) is 24.3 Å². The molecule has 0 radical (unpaired) electrons. The van der Waals surface area contributed by atoms with Gasteiger partial charge in [-0.05, 0) is 36.0 Å². The summed E-state index contributed by atoms with van der Waals surface area (Å²) < 4.78 is 5.76. The average Bonchev–Trinajstić information content (AvgIpc) is 2.65. The fourth-order valence-electron chi connectivity index (χ4n) is 3.20. The van der Waals surface area contributed by atoms with Crippen molar-refractivity contribution < 1.29 is 14.3 Å². The zero-order valence-corrected chi connectivity index (χ0v) is 17.3. The van der Waals surface area contributed by atoms with Crippen molar-refractivity contribution in [2.45, 2.75) is 58.8 Å². The van der Waals surface area contributed by atoms with Gasteiger partial charge in [0.2, 0.25) is 11.8 Å². The molecule has 1 aliphatic heterocycles. The average molecular weight is 375 g/mol. The van der Waals surface area contributed by atoms with Gasteiger partial charge in [-0.15, -0.1) is 0 Å². The van der Waals surface area contributed by atoms with Gasteiger partial charge in [-0.1, -0.05) is 39.8 Å². The van der Waals surface area contributed by atoms with E-state index < -0.39 is 0 Å². The van der Waals surface area contributed by atoms with Crippen LogP contribution < -0.4 is 4.74 Å². The van der Waals surface area contributed by atoms with Crippen molar-refractivity contribution in [3.63, 3.8) is 0 Å². The van der Waals surface area contributed by atoms with E-state index in [-0.39, 0.29) is 17.2 Å². The molecule has 0 unspecified atom stereocenters. The standard InChI is InChI=1S/C22H34N2O3/c1-5-7-20(25)23-13-15-24(16-14-23)21(26)8-6-17-27-19-11-9-18(10-12-19)22(2,3)4/h9-12H,5-8,13-17H2,1-4H3. The highest BCUT2D eigenvalue weighted by Crippen LogP contribution is 2.24. The van der Waals surface area contributed by atoms with E-state index in [1.54, 1.807) is 0 Å². The van der Waals surface area contributed by atoms with Crippen molar-refractivity contribution in [1.29, 1.82) is 0 Å². The van der Waals surface area contributed by atoms with Crippen molar-refractivity contribution >= 4 is 11.8 Å². The highest BCUT2D eigenvalue weighted by atomic mass is 16.5. The van der Waals surface area contributed by atoms with Crippen LogP contribution in [-0.4, -0.2) is 54.4 Å². The van der Waals surface area contributed by atoms with E-state index in [9.17, 15) is 9.59 Å². The maximum Gasteiger partial charge on any atom is 0.222 e. The number of rotatable bonds is 7. The molecule has 1 fully saturated rings. The fraction of sp³-hybridized carbons (Fsp3) is 0.636. The molecule has 2 amide bonds. The fourth-order valence-corrected chi connectivity index (χ4v) is 3.20. The molecule has 0 atom stereocenters. The molecule has 1 aromatic rings. The molecule has 0 saturated carbocycles. The largest absolute Gasteiger partial charge is 0.494 e. The summed E-state index contributed by atoms with van der Waals surface area (Å²) in [5, 5.41) is 0. The third-order valence-corrected chi connectivity index (χ3v) is 4.97. The lowest BCUT2D eigenvalue weighted by Crippen LogP contribution is -2.50.